The van der Waals surface area contributed by atoms with Gasteiger partial charge in [0.15, 0.2) is 5.83 Å². The summed E-state index contributed by atoms with van der Waals surface area (Å²) in [5.41, 5.74) is 7.00. The number of halogens is 2. The summed E-state index contributed by atoms with van der Waals surface area (Å²) in [5, 5.41) is 18.5. The lowest BCUT2D eigenvalue weighted by Gasteiger charge is -2.26. The van der Waals surface area contributed by atoms with E-state index < -0.39 is 23.7 Å². The number of benzene rings is 2. The molecular weight excluding hydrogens is 582 g/mol. The third-order valence-corrected chi connectivity index (χ3v) is 9.14. The van der Waals surface area contributed by atoms with Crippen LogP contribution in [0.4, 0.5) is 8.78 Å². The first-order valence-corrected chi connectivity index (χ1v) is 15.5. The Bertz CT molecular complexity index is 1960. The summed E-state index contributed by atoms with van der Waals surface area (Å²) >= 11 is 1.55. The number of hydrogen-bond donors (Lipinski definition) is 1. The molecule has 7 nitrogen and oxygen atoms in total. The van der Waals surface area contributed by atoms with Gasteiger partial charge in [0, 0.05) is 39.4 Å². The average Bonchev–Trinajstić information content (AvgIpc) is 3.74. The molecule has 10 heteroatoms. The summed E-state index contributed by atoms with van der Waals surface area (Å²) in [6.45, 7) is 7.81. The molecule has 0 fully saturated rings. The molecule has 44 heavy (non-hydrogen) atoms. The molecule has 0 bridgehead atoms. The van der Waals surface area contributed by atoms with Crippen molar-refractivity contribution >= 4 is 27.3 Å². The van der Waals surface area contributed by atoms with Crippen LogP contribution in [0.2, 0.25) is 0 Å². The topological polar surface area (TPSA) is 80.5 Å². The van der Waals surface area contributed by atoms with Gasteiger partial charge in [-0.25, -0.2) is 13.8 Å². The van der Waals surface area contributed by atoms with E-state index in [-0.39, 0.29) is 12.6 Å². The number of pyridine rings is 1. The quantitative estimate of drug-likeness (QED) is 0.205. The molecule has 0 spiro atoms. The molecular formula is C34H30F2N4O3S. The number of hydrogen-bond acceptors (Lipinski definition) is 6. The van der Waals surface area contributed by atoms with Crippen molar-refractivity contribution in [3.05, 3.63) is 89.0 Å². The van der Waals surface area contributed by atoms with E-state index >= 15 is 0 Å². The second-order valence-electron chi connectivity index (χ2n) is 11.5. The molecule has 1 N–H and O–H groups in total. The van der Waals surface area contributed by atoms with Gasteiger partial charge in [-0.3, -0.25) is 9.48 Å². The standard InChI is InChI=1S/C34H30F2N4O3S/c1-18(2)43-29-15-22(36)7-8-24(29)30-32(27-16-23-17-39(34(42)19(3)35)11-12-40(23)38-27)37-31(25-10-13-44-33(25)30)21-5-4-20-6-9-28(41)26(20)14-21/h4-5,7-8,10,13-16,18,28,41H,3,6,9,11-12,17H2,1-2H3/t28-/m0/s1. The molecule has 1 amide bonds. The molecule has 0 radical (unpaired) electrons. The van der Waals surface area contributed by atoms with E-state index in [1.165, 1.54) is 17.0 Å². The largest absolute Gasteiger partial charge is 0.490 e. The van der Waals surface area contributed by atoms with Crippen LogP contribution in [0.25, 0.3) is 43.9 Å². The summed E-state index contributed by atoms with van der Waals surface area (Å²) < 4.78 is 37.1. The molecule has 2 aromatic carbocycles. The number of aryl methyl sites for hydroxylation is 1. The van der Waals surface area contributed by atoms with Crippen LogP contribution in [0.15, 0.2) is 66.3 Å². The van der Waals surface area contributed by atoms with Gasteiger partial charge in [0.25, 0.3) is 5.91 Å². The minimum Gasteiger partial charge on any atom is -0.490 e. The number of thiophene rings is 1. The van der Waals surface area contributed by atoms with E-state index in [9.17, 15) is 18.7 Å². The van der Waals surface area contributed by atoms with Gasteiger partial charge in [0.1, 0.15) is 23.0 Å². The zero-order valence-corrected chi connectivity index (χ0v) is 25.1. The monoisotopic (exact) mass is 612 g/mol. The molecule has 1 aliphatic heterocycles. The Morgan fingerprint density at radius 3 is 2.77 bits per heavy atom. The minimum atomic E-state index is -0.997. The third-order valence-electron chi connectivity index (χ3n) is 8.21. The SMILES string of the molecule is C=C(F)C(=O)N1CCn2nc(-c3nc(-c4ccc5c(c4)[C@@H](O)CC5)c4ccsc4c3-c3ccc(F)cc3OC(C)C)cc2C1. The Kier molecular flexibility index (Phi) is 7.05. The van der Waals surface area contributed by atoms with Crippen LogP contribution in [0.5, 0.6) is 5.75 Å². The summed E-state index contributed by atoms with van der Waals surface area (Å²) in [7, 11) is 0. The van der Waals surface area contributed by atoms with Gasteiger partial charge in [-0.2, -0.15) is 5.10 Å². The van der Waals surface area contributed by atoms with E-state index in [4.69, 9.17) is 14.8 Å². The van der Waals surface area contributed by atoms with Gasteiger partial charge >= 0.3 is 0 Å². The first-order valence-electron chi connectivity index (χ1n) is 14.6. The van der Waals surface area contributed by atoms with E-state index in [1.807, 2.05) is 48.2 Å². The number of carbonyl (C=O) groups is 1. The van der Waals surface area contributed by atoms with Crippen molar-refractivity contribution in [3.63, 3.8) is 0 Å². The van der Waals surface area contributed by atoms with Gasteiger partial charge in [0.2, 0.25) is 0 Å². The van der Waals surface area contributed by atoms with Crippen LogP contribution in [0, 0.1) is 5.82 Å². The third kappa shape index (κ3) is 4.88. The van der Waals surface area contributed by atoms with Gasteiger partial charge in [0.05, 0.1) is 36.7 Å². The van der Waals surface area contributed by atoms with Crippen molar-refractivity contribution in [2.24, 2.45) is 0 Å². The fourth-order valence-corrected chi connectivity index (χ4v) is 7.15. The fraction of sp³-hybridized carbons (Fsp3) is 0.265. The zero-order chi connectivity index (χ0) is 30.7. The van der Waals surface area contributed by atoms with Crippen LogP contribution < -0.4 is 4.74 Å². The molecule has 3 aromatic heterocycles. The van der Waals surface area contributed by atoms with E-state index in [2.05, 4.69) is 12.6 Å². The molecule has 2 aliphatic rings. The number of nitrogens with zero attached hydrogens (tertiary/aromatic N) is 4. The van der Waals surface area contributed by atoms with Crippen molar-refractivity contribution in [2.75, 3.05) is 6.54 Å². The predicted molar refractivity (Wildman–Crippen MR) is 166 cm³/mol. The molecule has 5 aromatic rings. The smallest absolute Gasteiger partial charge is 0.282 e. The van der Waals surface area contributed by atoms with Crippen molar-refractivity contribution in [1.29, 1.82) is 0 Å². The van der Waals surface area contributed by atoms with Crippen molar-refractivity contribution in [3.8, 4) is 39.5 Å². The van der Waals surface area contributed by atoms with Crippen LogP contribution in [0.1, 0.15) is 43.2 Å². The number of rotatable bonds is 6. The Balaban J connectivity index is 1.46. The van der Waals surface area contributed by atoms with E-state index in [1.54, 1.807) is 17.4 Å². The molecule has 0 unspecified atom stereocenters. The highest BCUT2D eigenvalue weighted by Gasteiger charge is 2.29. The van der Waals surface area contributed by atoms with Gasteiger partial charge in [-0.15, -0.1) is 11.3 Å². The Morgan fingerprint density at radius 1 is 1.14 bits per heavy atom. The Morgan fingerprint density at radius 2 is 1.98 bits per heavy atom. The minimum absolute atomic E-state index is 0.180. The van der Waals surface area contributed by atoms with Crippen LogP contribution in [-0.2, 0) is 24.3 Å². The Hall–Kier alpha value is -4.41. The van der Waals surface area contributed by atoms with Crippen LogP contribution in [-0.4, -0.2) is 43.3 Å². The van der Waals surface area contributed by atoms with Crippen molar-refractivity contribution < 1.29 is 23.4 Å². The summed E-state index contributed by atoms with van der Waals surface area (Å²) in [5.74, 6) is -1.75. The van der Waals surface area contributed by atoms with Crippen molar-refractivity contribution in [2.45, 2.75) is 52.0 Å². The first kappa shape index (κ1) is 28.4. The molecule has 1 aliphatic carbocycles. The van der Waals surface area contributed by atoms with Crippen LogP contribution in [0.3, 0.4) is 0 Å². The summed E-state index contributed by atoms with van der Waals surface area (Å²) in [6, 6.07) is 14.5. The molecule has 7 rings (SSSR count). The van der Waals surface area contributed by atoms with Gasteiger partial charge in [-0.1, -0.05) is 18.7 Å². The molecule has 0 saturated carbocycles. The summed E-state index contributed by atoms with van der Waals surface area (Å²) in [6.07, 6.45) is 0.822. The zero-order valence-electron chi connectivity index (χ0n) is 24.3. The number of aromatic nitrogens is 3. The number of carbonyl (C=O) groups excluding carboxylic acids is 1. The molecule has 0 saturated heterocycles. The number of fused-ring (bicyclic) bond motifs is 3. The lowest BCUT2D eigenvalue weighted by molar-refractivity contribution is -0.130. The normalized spacial score (nSPS) is 16.0. The maximum absolute atomic E-state index is 14.5. The average molecular weight is 613 g/mol. The number of amides is 1. The van der Waals surface area contributed by atoms with Crippen LogP contribution >= 0.6 is 11.3 Å². The lowest BCUT2D eigenvalue weighted by atomic mass is 9.95. The highest BCUT2D eigenvalue weighted by Crippen LogP contribution is 2.47. The summed E-state index contributed by atoms with van der Waals surface area (Å²) in [4.78, 5) is 19.0. The maximum atomic E-state index is 14.5. The number of aliphatic hydroxyl groups is 1. The molecule has 224 valence electrons. The molecule has 1 atom stereocenters. The Labute approximate surface area is 257 Å². The number of aliphatic hydroxyl groups excluding tert-OH is 1. The van der Waals surface area contributed by atoms with Crippen molar-refractivity contribution in [1.82, 2.24) is 19.7 Å². The second kappa shape index (κ2) is 10.9. The predicted octanol–water partition coefficient (Wildman–Crippen LogP) is 7.23. The van der Waals surface area contributed by atoms with E-state index in [0.29, 0.717) is 42.2 Å². The van der Waals surface area contributed by atoms with E-state index in [0.717, 1.165) is 50.1 Å². The van der Waals surface area contributed by atoms with Gasteiger partial charge < -0.3 is 14.7 Å². The first-order chi connectivity index (χ1) is 21.2. The second-order valence-corrected chi connectivity index (χ2v) is 12.4. The number of ether oxygens (including phenoxy) is 1. The lowest BCUT2D eigenvalue weighted by Crippen LogP contribution is -2.38. The molecule has 4 heterocycles. The maximum Gasteiger partial charge on any atom is 0.282 e. The van der Waals surface area contributed by atoms with Gasteiger partial charge in [-0.05, 0) is 73.5 Å². The fourth-order valence-electron chi connectivity index (χ4n) is 6.19. The highest BCUT2D eigenvalue weighted by atomic mass is 32.1. The highest BCUT2D eigenvalue weighted by molar-refractivity contribution is 7.18.